The molecule has 1 atom stereocenters. The van der Waals surface area contributed by atoms with Crippen molar-refractivity contribution >= 4 is 32.6 Å². The number of rotatable bonds is 8. The minimum atomic E-state index is -0.217. The van der Waals surface area contributed by atoms with Crippen LogP contribution < -0.4 is 23.8 Å². The van der Waals surface area contributed by atoms with Gasteiger partial charge in [0.1, 0.15) is 5.75 Å². The number of methoxy groups -OCH3 is 4. The Kier molecular flexibility index (Phi) is 6.66. The van der Waals surface area contributed by atoms with E-state index in [-0.39, 0.29) is 12.0 Å². The molecule has 0 saturated carbocycles. The van der Waals surface area contributed by atoms with Crippen LogP contribution >= 0.6 is 11.3 Å². The molecule has 32 heavy (non-hydrogen) atoms. The van der Waals surface area contributed by atoms with Crippen LogP contribution in [0.2, 0.25) is 0 Å². The molecule has 0 N–H and O–H groups in total. The number of aromatic nitrogens is 1. The van der Waals surface area contributed by atoms with Gasteiger partial charge in [-0.1, -0.05) is 11.3 Å². The van der Waals surface area contributed by atoms with Crippen LogP contribution in [0.5, 0.6) is 23.0 Å². The summed E-state index contributed by atoms with van der Waals surface area (Å²) in [6.45, 7) is 1.11. The van der Waals surface area contributed by atoms with E-state index in [0.717, 1.165) is 28.8 Å². The summed E-state index contributed by atoms with van der Waals surface area (Å²) in [6, 6.07) is 9.01. The summed E-state index contributed by atoms with van der Waals surface area (Å²) in [6.07, 6.45) is 1.84. The minimum Gasteiger partial charge on any atom is -0.497 e. The van der Waals surface area contributed by atoms with Gasteiger partial charge >= 0.3 is 0 Å². The Hall–Kier alpha value is -3.04. The number of amides is 1. The predicted molar refractivity (Wildman–Crippen MR) is 123 cm³/mol. The Morgan fingerprint density at radius 1 is 1.09 bits per heavy atom. The second-order valence-corrected chi connectivity index (χ2v) is 8.30. The van der Waals surface area contributed by atoms with Crippen LogP contribution in [0, 0.1) is 0 Å². The molecule has 1 aliphatic heterocycles. The third-order valence-electron chi connectivity index (χ3n) is 5.38. The van der Waals surface area contributed by atoms with Crippen LogP contribution in [0.3, 0.4) is 0 Å². The molecule has 3 aromatic rings. The molecule has 1 amide bonds. The molecule has 4 rings (SSSR count). The summed E-state index contributed by atoms with van der Waals surface area (Å²) in [4.78, 5) is 20.1. The molecule has 8 nitrogen and oxygen atoms in total. The van der Waals surface area contributed by atoms with E-state index in [9.17, 15) is 4.79 Å². The van der Waals surface area contributed by atoms with E-state index >= 15 is 0 Å². The second-order valence-electron chi connectivity index (χ2n) is 7.29. The van der Waals surface area contributed by atoms with E-state index in [1.165, 1.54) is 32.7 Å². The quantitative estimate of drug-likeness (QED) is 0.502. The number of carbonyl (C=O) groups is 1. The minimum absolute atomic E-state index is 0.0393. The van der Waals surface area contributed by atoms with Crippen molar-refractivity contribution in [2.75, 3.05) is 46.5 Å². The second kappa shape index (κ2) is 9.62. The summed E-state index contributed by atoms with van der Waals surface area (Å²) >= 11 is 1.45. The fourth-order valence-corrected chi connectivity index (χ4v) is 4.69. The average Bonchev–Trinajstić information content (AvgIpc) is 3.49. The van der Waals surface area contributed by atoms with Crippen LogP contribution in [0.15, 0.2) is 30.3 Å². The summed E-state index contributed by atoms with van der Waals surface area (Å²) in [5.74, 6) is 1.77. The monoisotopic (exact) mass is 458 g/mol. The van der Waals surface area contributed by atoms with Crippen LogP contribution in [-0.2, 0) is 4.74 Å². The first-order valence-corrected chi connectivity index (χ1v) is 11.1. The van der Waals surface area contributed by atoms with E-state index in [1.807, 2.05) is 18.2 Å². The Morgan fingerprint density at radius 3 is 2.44 bits per heavy atom. The van der Waals surface area contributed by atoms with Crippen molar-refractivity contribution in [3.8, 4) is 23.0 Å². The fraction of sp³-hybridized carbons (Fsp3) is 0.391. The van der Waals surface area contributed by atoms with Crippen molar-refractivity contribution in [1.82, 2.24) is 4.98 Å². The molecule has 0 bridgehead atoms. The third-order valence-corrected chi connectivity index (χ3v) is 6.44. The first kappa shape index (κ1) is 22.2. The number of thiazole rings is 1. The Balaban J connectivity index is 1.76. The van der Waals surface area contributed by atoms with E-state index in [0.29, 0.717) is 41.1 Å². The standard InChI is InChI=1S/C23H26N2O6S/c1-27-15-7-8-20-17(12-15)24-23(32-20)25(13-16-6-5-9-31-16)22(26)14-10-18(28-2)21(30-4)19(11-14)29-3/h7-8,10-12,16H,5-6,9,13H2,1-4H3. The zero-order valence-corrected chi connectivity index (χ0v) is 19.4. The molecular formula is C23H26N2O6S. The van der Waals surface area contributed by atoms with Gasteiger partial charge in [-0.3, -0.25) is 9.69 Å². The maximum Gasteiger partial charge on any atom is 0.260 e. The Morgan fingerprint density at radius 2 is 1.84 bits per heavy atom. The van der Waals surface area contributed by atoms with Gasteiger partial charge in [0.15, 0.2) is 16.6 Å². The van der Waals surface area contributed by atoms with Crippen molar-refractivity contribution in [3.05, 3.63) is 35.9 Å². The molecule has 1 saturated heterocycles. The first-order chi connectivity index (χ1) is 15.6. The Bertz CT molecular complexity index is 1080. The first-order valence-electron chi connectivity index (χ1n) is 10.3. The zero-order valence-electron chi connectivity index (χ0n) is 18.5. The Labute approximate surface area is 190 Å². The summed E-state index contributed by atoms with van der Waals surface area (Å²) in [5, 5.41) is 0.600. The van der Waals surface area contributed by atoms with Gasteiger partial charge in [0.2, 0.25) is 5.75 Å². The highest BCUT2D eigenvalue weighted by Gasteiger charge is 2.28. The average molecular weight is 459 g/mol. The lowest BCUT2D eigenvalue weighted by molar-refractivity contribution is 0.0917. The van der Waals surface area contributed by atoms with Gasteiger partial charge in [0.05, 0.1) is 51.3 Å². The third kappa shape index (κ3) is 4.31. The fourth-order valence-electron chi connectivity index (χ4n) is 3.74. The molecule has 1 unspecified atom stereocenters. The van der Waals surface area contributed by atoms with E-state index in [1.54, 1.807) is 24.1 Å². The molecule has 0 radical (unpaired) electrons. The lowest BCUT2D eigenvalue weighted by Crippen LogP contribution is -2.37. The van der Waals surface area contributed by atoms with Crippen molar-refractivity contribution in [2.24, 2.45) is 0 Å². The number of nitrogens with zero attached hydrogens (tertiary/aromatic N) is 2. The number of benzene rings is 2. The highest BCUT2D eigenvalue weighted by molar-refractivity contribution is 7.22. The molecular weight excluding hydrogens is 432 g/mol. The summed E-state index contributed by atoms with van der Waals surface area (Å²) in [7, 11) is 6.19. The maximum atomic E-state index is 13.7. The molecule has 2 aromatic carbocycles. The highest BCUT2D eigenvalue weighted by atomic mass is 32.1. The van der Waals surface area contributed by atoms with Gasteiger partial charge in [-0.05, 0) is 37.1 Å². The highest BCUT2D eigenvalue weighted by Crippen LogP contribution is 2.39. The molecule has 9 heteroatoms. The largest absolute Gasteiger partial charge is 0.497 e. The number of anilines is 1. The summed E-state index contributed by atoms with van der Waals surface area (Å²) < 4.78 is 28.4. The maximum absolute atomic E-state index is 13.7. The molecule has 1 aromatic heterocycles. The van der Waals surface area contributed by atoms with Crippen LogP contribution in [0.1, 0.15) is 23.2 Å². The number of fused-ring (bicyclic) bond motifs is 1. The van der Waals surface area contributed by atoms with Gasteiger partial charge in [-0.25, -0.2) is 4.98 Å². The van der Waals surface area contributed by atoms with E-state index in [2.05, 4.69) is 0 Å². The molecule has 2 heterocycles. The van der Waals surface area contributed by atoms with Gasteiger partial charge in [-0.15, -0.1) is 0 Å². The predicted octanol–water partition coefficient (Wildman–Crippen LogP) is 4.16. The van der Waals surface area contributed by atoms with Crippen LogP contribution in [0.4, 0.5) is 5.13 Å². The molecule has 0 spiro atoms. The normalized spacial score (nSPS) is 15.6. The topological polar surface area (TPSA) is 79.4 Å². The summed E-state index contributed by atoms with van der Waals surface area (Å²) in [5.41, 5.74) is 1.19. The van der Waals surface area contributed by atoms with Gasteiger partial charge < -0.3 is 23.7 Å². The number of hydrogen-bond donors (Lipinski definition) is 0. The van der Waals surface area contributed by atoms with Crippen molar-refractivity contribution in [3.63, 3.8) is 0 Å². The van der Waals surface area contributed by atoms with Crippen LogP contribution in [-0.4, -0.2) is 58.6 Å². The molecule has 1 aliphatic rings. The van der Waals surface area contributed by atoms with Crippen molar-refractivity contribution in [2.45, 2.75) is 18.9 Å². The lowest BCUT2D eigenvalue weighted by atomic mass is 10.1. The lowest BCUT2D eigenvalue weighted by Gasteiger charge is -2.24. The van der Waals surface area contributed by atoms with E-state index in [4.69, 9.17) is 28.7 Å². The van der Waals surface area contributed by atoms with Crippen LogP contribution in [0.25, 0.3) is 10.2 Å². The van der Waals surface area contributed by atoms with Gasteiger partial charge in [-0.2, -0.15) is 0 Å². The number of carbonyl (C=O) groups excluding carboxylic acids is 1. The molecule has 0 aliphatic carbocycles. The smallest absolute Gasteiger partial charge is 0.260 e. The number of ether oxygens (including phenoxy) is 5. The van der Waals surface area contributed by atoms with E-state index < -0.39 is 0 Å². The zero-order chi connectivity index (χ0) is 22.7. The number of hydrogen-bond acceptors (Lipinski definition) is 8. The van der Waals surface area contributed by atoms with Crippen molar-refractivity contribution in [1.29, 1.82) is 0 Å². The van der Waals surface area contributed by atoms with Gasteiger partial charge in [0.25, 0.3) is 5.91 Å². The molecule has 1 fully saturated rings. The van der Waals surface area contributed by atoms with Gasteiger partial charge in [0, 0.05) is 18.2 Å². The SMILES string of the molecule is COc1ccc2sc(N(CC3CCCO3)C(=O)c3cc(OC)c(OC)c(OC)c3)nc2c1. The molecule has 170 valence electrons. The van der Waals surface area contributed by atoms with Crippen molar-refractivity contribution < 1.29 is 28.5 Å².